The van der Waals surface area contributed by atoms with Crippen molar-refractivity contribution in [1.82, 2.24) is 39.9 Å². The van der Waals surface area contributed by atoms with Crippen molar-refractivity contribution in [3.63, 3.8) is 0 Å². The molecule has 2 saturated carbocycles. The van der Waals surface area contributed by atoms with Crippen molar-refractivity contribution in [3.8, 4) is 0 Å². The average molecular weight is 690 g/mol. The Labute approximate surface area is 290 Å². The van der Waals surface area contributed by atoms with Crippen LogP contribution in [0.4, 0.5) is 0 Å². The summed E-state index contributed by atoms with van der Waals surface area (Å²) in [5, 5.41) is 25.0. The van der Waals surface area contributed by atoms with Crippen LogP contribution in [-0.2, 0) is 24.8 Å². The molecule has 5 N–H and O–H groups in total. The van der Waals surface area contributed by atoms with Gasteiger partial charge in [0.15, 0.2) is 0 Å². The van der Waals surface area contributed by atoms with E-state index in [4.69, 9.17) is 5.73 Å². The van der Waals surface area contributed by atoms with Gasteiger partial charge in [0.1, 0.15) is 28.9 Å². The van der Waals surface area contributed by atoms with Crippen molar-refractivity contribution in [2.24, 2.45) is 11.7 Å². The van der Waals surface area contributed by atoms with Gasteiger partial charge < -0.3 is 30.8 Å². The maximum absolute atomic E-state index is 14.8. The lowest BCUT2D eigenvalue weighted by atomic mass is 9.78. The second kappa shape index (κ2) is 14.3. The second-order valence-corrected chi connectivity index (χ2v) is 14.7. The van der Waals surface area contributed by atoms with Crippen molar-refractivity contribution >= 4 is 35.1 Å². The molecule has 3 fully saturated rings. The Balaban J connectivity index is 1.33. The van der Waals surface area contributed by atoms with E-state index in [0.29, 0.717) is 36.2 Å². The molecular weight excluding hydrogens is 642 g/mol. The molecule has 1 unspecified atom stereocenters. The highest BCUT2D eigenvalue weighted by molar-refractivity contribution is 6.39. The second-order valence-electron chi connectivity index (χ2n) is 14.7. The quantitative estimate of drug-likeness (QED) is 0.217. The molecule has 4 heterocycles. The number of nitrogens with one attached hydrogen (secondary N) is 2. The molecule has 0 aromatic carbocycles. The molecule has 3 atom stereocenters. The Kier molecular flexibility index (Phi) is 10.1. The van der Waals surface area contributed by atoms with Crippen LogP contribution < -0.4 is 16.4 Å². The van der Waals surface area contributed by atoms with E-state index in [1.54, 1.807) is 49.0 Å². The van der Waals surface area contributed by atoms with Crippen LogP contribution in [0.25, 0.3) is 5.65 Å². The molecule has 6 rings (SSSR count). The molecule has 0 radical (unpaired) electrons. The lowest BCUT2D eigenvalue weighted by molar-refractivity contribution is -0.145. The number of primary amides is 1. The first-order valence-corrected chi connectivity index (χ1v) is 17.7. The Morgan fingerprint density at radius 2 is 1.78 bits per heavy atom. The largest absolute Gasteiger partial charge is 0.384 e. The first-order chi connectivity index (χ1) is 23.9. The molecule has 3 aromatic heterocycles. The molecule has 268 valence electrons. The molecule has 0 spiro atoms. The topological polar surface area (TPSA) is 207 Å². The Morgan fingerprint density at radius 1 is 1.06 bits per heavy atom. The van der Waals surface area contributed by atoms with Gasteiger partial charge in [0.2, 0.25) is 17.6 Å². The molecule has 1 saturated heterocycles. The number of aromatic nitrogens is 5. The Bertz CT molecular complexity index is 1750. The highest BCUT2D eigenvalue weighted by Gasteiger charge is 2.49. The van der Waals surface area contributed by atoms with E-state index in [-0.39, 0.29) is 31.7 Å². The van der Waals surface area contributed by atoms with Gasteiger partial charge in [0.25, 0.3) is 11.8 Å². The van der Waals surface area contributed by atoms with Crippen LogP contribution in [0.2, 0.25) is 0 Å². The minimum absolute atomic E-state index is 0.0398. The van der Waals surface area contributed by atoms with E-state index in [0.717, 1.165) is 38.5 Å². The van der Waals surface area contributed by atoms with Crippen LogP contribution in [0.5, 0.6) is 0 Å². The Morgan fingerprint density at radius 3 is 2.48 bits per heavy atom. The van der Waals surface area contributed by atoms with E-state index in [1.165, 1.54) is 15.8 Å². The van der Waals surface area contributed by atoms with Crippen LogP contribution in [0.15, 0.2) is 36.9 Å². The van der Waals surface area contributed by atoms with Crippen molar-refractivity contribution < 1.29 is 29.1 Å². The lowest BCUT2D eigenvalue weighted by Gasteiger charge is -2.38. The third kappa shape index (κ3) is 7.28. The van der Waals surface area contributed by atoms with Crippen LogP contribution in [0.3, 0.4) is 0 Å². The number of ketones is 1. The fourth-order valence-electron chi connectivity index (χ4n) is 8.03. The Hall–Kier alpha value is -4.66. The summed E-state index contributed by atoms with van der Waals surface area (Å²) in [5.41, 5.74) is 4.13. The molecule has 3 aromatic rings. The summed E-state index contributed by atoms with van der Waals surface area (Å²) in [5.74, 6) is -3.22. The molecule has 15 nitrogen and oxygen atoms in total. The van der Waals surface area contributed by atoms with E-state index in [9.17, 15) is 29.1 Å². The highest BCUT2D eigenvalue weighted by atomic mass is 16.3. The maximum atomic E-state index is 14.8. The number of Topliss-reactive ketones (excluding diaryl/α,β-unsaturated/α-hetero) is 1. The fourth-order valence-corrected chi connectivity index (χ4v) is 8.03. The lowest BCUT2D eigenvalue weighted by Crippen LogP contribution is -2.62. The summed E-state index contributed by atoms with van der Waals surface area (Å²) in [6.45, 7) is 3.24. The molecule has 0 bridgehead atoms. The number of aliphatic hydroxyl groups is 1. The van der Waals surface area contributed by atoms with Gasteiger partial charge in [-0.3, -0.25) is 24.0 Å². The predicted molar refractivity (Wildman–Crippen MR) is 180 cm³/mol. The van der Waals surface area contributed by atoms with Crippen LogP contribution in [0.1, 0.15) is 113 Å². The number of nitrogens with zero attached hydrogens (tertiary/aromatic N) is 6. The summed E-state index contributed by atoms with van der Waals surface area (Å²) < 4.78 is 3.26. The fraction of sp³-hybridized carbons (Fsp3) is 0.600. The third-order valence-corrected chi connectivity index (χ3v) is 10.7. The van der Waals surface area contributed by atoms with Crippen molar-refractivity contribution in [3.05, 3.63) is 48.2 Å². The zero-order chi connectivity index (χ0) is 35.6. The summed E-state index contributed by atoms with van der Waals surface area (Å²) in [6, 6.07) is 0.815. The van der Waals surface area contributed by atoms with E-state index in [1.807, 2.05) is 0 Å². The van der Waals surface area contributed by atoms with E-state index < -0.39 is 58.7 Å². The van der Waals surface area contributed by atoms with Crippen molar-refractivity contribution in [2.45, 2.75) is 120 Å². The van der Waals surface area contributed by atoms with Crippen LogP contribution >= 0.6 is 0 Å². The number of nitrogens with two attached hydrogens (primary N) is 1. The number of pyridine rings is 1. The van der Waals surface area contributed by atoms with Gasteiger partial charge in [-0.25, -0.2) is 9.67 Å². The molecule has 3 aliphatic rings. The van der Waals surface area contributed by atoms with Gasteiger partial charge in [0.05, 0.1) is 23.5 Å². The highest BCUT2D eigenvalue weighted by Crippen LogP contribution is 2.35. The average Bonchev–Trinajstić information content (AvgIpc) is 3.87. The summed E-state index contributed by atoms with van der Waals surface area (Å²) in [7, 11) is 0. The summed E-state index contributed by atoms with van der Waals surface area (Å²) in [4.78, 5) is 73.8. The van der Waals surface area contributed by atoms with E-state index in [2.05, 4.69) is 25.9 Å². The van der Waals surface area contributed by atoms with Gasteiger partial charge in [0, 0.05) is 31.6 Å². The molecule has 4 amide bonds. The van der Waals surface area contributed by atoms with Crippen molar-refractivity contribution in [1.29, 1.82) is 0 Å². The third-order valence-electron chi connectivity index (χ3n) is 10.7. The molecule has 2 aliphatic carbocycles. The summed E-state index contributed by atoms with van der Waals surface area (Å²) in [6.07, 6.45) is 14.7. The first-order valence-electron chi connectivity index (χ1n) is 17.7. The zero-order valence-corrected chi connectivity index (χ0v) is 28.7. The van der Waals surface area contributed by atoms with Crippen molar-refractivity contribution in [2.75, 3.05) is 6.54 Å². The normalized spacial score (nSPS) is 21.9. The van der Waals surface area contributed by atoms with Gasteiger partial charge in [-0.15, -0.1) is 5.10 Å². The summed E-state index contributed by atoms with van der Waals surface area (Å²) >= 11 is 0. The number of carbonyl (C=O) groups excluding carboxylic acids is 5. The minimum atomic E-state index is -1.46. The smallest absolute Gasteiger partial charge is 0.287 e. The van der Waals surface area contributed by atoms with E-state index >= 15 is 0 Å². The SMILES string of the molecule is CC(C)(O)c1cnnn1[C@H]1C[C@@H](C(=O)NC2(C(=O)C(N)=O)CCCCC2)N(C(=O)C(CC2CCCCC2)NC(=O)c2ccc3nccn3c2)C1. The zero-order valence-electron chi connectivity index (χ0n) is 28.7. The molecular formula is C35H47N9O6. The molecule has 50 heavy (non-hydrogen) atoms. The number of hydrogen-bond donors (Lipinski definition) is 4. The molecule has 1 aliphatic heterocycles. The van der Waals surface area contributed by atoms with Crippen LogP contribution in [0, 0.1) is 5.92 Å². The number of likely N-dealkylation sites (tertiary alicyclic amines) is 1. The number of fused-ring (bicyclic) bond motifs is 1. The predicted octanol–water partition coefficient (Wildman–Crippen LogP) is 1.94. The number of imidazole rings is 1. The van der Waals surface area contributed by atoms with Gasteiger partial charge >= 0.3 is 0 Å². The number of rotatable bonds is 11. The molecule has 15 heteroatoms. The minimum Gasteiger partial charge on any atom is -0.384 e. The first kappa shape index (κ1) is 35.2. The number of hydrogen-bond acceptors (Lipinski definition) is 9. The maximum Gasteiger partial charge on any atom is 0.287 e. The van der Waals surface area contributed by atoms with Gasteiger partial charge in [-0.1, -0.05) is 56.6 Å². The standard InChI is InChI=1S/C35H47N9O6/c1-34(2,50)27-19-38-41-44(27)24-18-26(32(48)40-35(29(45)30(36)46)13-7-4-8-14-35)43(21-24)33(49)25(17-22-9-5-3-6-10-22)39-31(47)23-11-12-28-37-15-16-42(28)20-23/h11-12,15-16,19-20,22,24-26,50H,3-10,13-14,17-18,21H2,1-2H3,(H2,36,46)(H,39,47)(H,40,48)/t24-,25?,26-/m0/s1. The monoisotopic (exact) mass is 689 g/mol. The van der Waals surface area contributed by atoms with Gasteiger partial charge in [-0.2, -0.15) is 0 Å². The van der Waals surface area contributed by atoms with Gasteiger partial charge in [-0.05, 0) is 51.2 Å². The number of carbonyl (C=O) groups is 5. The van der Waals surface area contributed by atoms with Crippen LogP contribution in [-0.4, -0.2) is 88.0 Å². The number of amides is 4.